The molecule has 19 nitrogen and oxygen atoms in total. The van der Waals surface area contributed by atoms with E-state index in [-0.39, 0.29) is 45.0 Å². The first kappa shape index (κ1) is 61.0. The summed E-state index contributed by atoms with van der Waals surface area (Å²) in [6.07, 6.45) is -13.4. The van der Waals surface area contributed by atoms with Gasteiger partial charge in [0.1, 0.15) is 41.8 Å². The molecule has 2 heterocycles. The summed E-state index contributed by atoms with van der Waals surface area (Å²) in [5.74, 6) is -7.28. The van der Waals surface area contributed by atoms with Crippen LogP contribution < -0.4 is 9.64 Å². The SMILES string of the molecule is COC(=O)[C@H]1O[C@@H](O[C@@H]2[C@@H](COC(C)=O)CC(Oc3ccc([C@@H]4[C@@H](CC[C@H](OC(C)=O)c5ccc(F)cc5)C(=O)N4c4ccc(F)cc4)cc3)[C@H](OCc3ccccc3)[C@H]2OCc2ccccc2)[C@H](OC(C)=O)[C@@H](OC(C)=O)[C@@H]1OC(C)=O. The molecule has 1 saturated carbocycles. The maximum Gasteiger partial charge on any atom is 0.339 e. The van der Waals surface area contributed by atoms with E-state index in [4.69, 9.17) is 52.1 Å². The molecule has 83 heavy (non-hydrogen) atoms. The fraction of sp³-hybridized carbons (Fsp3) is 0.403. The van der Waals surface area contributed by atoms with Crippen molar-refractivity contribution in [3.63, 3.8) is 0 Å². The zero-order valence-electron chi connectivity index (χ0n) is 46.5. The number of carbonyl (C=O) groups excluding carboxylic acids is 7. The highest BCUT2D eigenvalue weighted by atomic mass is 19.1. The van der Waals surface area contributed by atoms with E-state index in [1.54, 1.807) is 29.2 Å². The minimum Gasteiger partial charge on any atom is -0.488 e. The molecule has 2 saturated heterocycles. The highest BCUT2D eigenvalue weighted by molar-refractivity contribution is 6.03. The summed E-state index contributed by atoms with van der Waals surface area (Å²) in [6.45, 7) is 5.38. The number of ether oxygens (including phenoxy) is 11. The summed E-state index contributed by atoms with van der Waals surface area (Å²) in [5, 5.41) is 0. The third kappa shape index (κ3) is 15.7. The molecule has 13 atom stereocenters. The molecular formula is C62H65F2NO18. The quantitative estimate of drug-likeness (QED) is 0.0340. The molecule has 5 aromatic carbocycles. The number of benzene rings is 5. The summed E-state index contributed by atoms with van der Waals surface area (Å²) in [7, 11) is 1.06. The molecule has 0 spiro atoms. The molecule has 0 radical (unpaired) electrons. The lowest BCUT2D eigenvalue weighted by Crippen LogP contribution is -2.66. The van der Waals surface area contributed by atoms with E-state index in [0.717, 1.165) is 39.0 Å². The first-order chi connectivity index (χ1) is 39.9. The first-order valence-electron chi connectivity index (χ1n) is 27.0. The number of esters is 6. The van der Waals surface area contributed by atoms with Crippen LogP contribution in [0.1, 0.15) is 88.3 Å². The predicted octanol–water partition coefficient (Wildman–Crippen LogP) is 8.33. The van der Waals surface area contributed by atoms with Gasteiger partial charge in [0, 0.05) is 46.2 Å². The lowest BCUT2D eigenvalue weighted by molar-refractivity contribution is -0.331. The Morgan fingerprint density at radius 1 is 0.614 bits per heavy atom. The van der Waals surface area contributed by atoms with Crippen LogP contribution in [0.4, 0.5) is 14.5 Å². The standard InChI is InChI=1S/C62H65F2NO18/c1-35(66)74-34-44-31-51(81-48-27-19-43(20-28-48)52-49(60(71)65(52)47-25-23-46(64)24-26-47)29-30-50(77-36(2)67)42-17-21-45(63)22-18-42)54(75-32-40-13-9-7-10-14-40)55(76-33-41-15-11-8-12-16-41)53(44)82-62-59(80-39(5)70)57(79-38(4)69)56(78-37(3)68)58(83-62)61(72)73-6/h7-28,44,49-59,62H,29-34H2,1-6H3/t44-,49-,50+,51?,52-,53-,54+,55+,56+,57+,58+,59-,62-/m1/s1. The largest absolute Gasteiger partial charge is 0.488 e. The summed E-state index contributed by atoms with van der Waals surface area (Å²) in [5.41, 5.74) is 3.21. The van der Waals surface area contributed by atoms with Crippen LogP contribution in [0, 0.1) is 23.5 Å². The van der Waals surface area contributed by atoms with Crippen LogP contribution in [0.15, 0.2) is 133 Å². The minimum absolute atomic E-state index is 0.0195. The van der Waals surface area contributed by atoms with E-state index in [1.807, 2.05) is 60.7 Å². The van der Waals surface area contributed by atoms with E-state index in [1.165, 1.54) is 62.4 Å². The average molecular weight is 1150 g/mol. The van der Waals surface area contributed by atoms with Gasteiger partial charge in [-0.1, -0.05) is 84.9 Å². The van der Waals surface area contributed by atoms with E-state index >= 15 is 0 Å². The summed E-state index contributed by atoms with van der Waals surface area (Å²) < 4.78 is 95.4. The Balaban J connectivity index is 1.17. The first-order valence-corrected chi connectivity index (χ1v) is 27.0. The lowest BCUT2D eigenvalue weighted by Gasteiger charge is -2.49. The number of amides is 1. The summed E-state index contributed by atoms with van der Waals surface area (Å²) >= 11 is 0. The van der Waals surface area contributed by atoms with Gasteiger partial charge in [-0.15, -0.1) is 0 Å². The molecular weight excluding hydrogens is 1080 g/mol. The Morgan fingerprint density at radius 2 is 1.17 bits per heavy atom. The second-order valence-electron chi connectivity index (χ2n) is 20.3. The van der Waals surface area contributed by atoms with Gasteiger partial charge in [-0.3, -0.25) is 28.8 Å². The Morgan fingerprint density at radius 3 is 1.72 bits per heavy atom. The van der Waals surface area contributed by atoms with Gasteiger partial charge >= 0.3 is 35.8 Å². The third-order valence-corrected chi connectivity index (χ3v) is 14.3. The number of hydrogen-bond donors (Lipinski definition) is 0. The number of rotatable bonds is 23. The molecule has 5 aromatic rings. The normalized spacial score (nSPS) is 25.2. The second kappa shape index (κ2) is 28.2. The number of hydrogen-bond acceptors (Lipinski definition) is 18. The molecule has 3 fully saturated rings. The Hall–Kier alpha value is -8.11. The van der Waals surface area contributed by atoms with Gasteiger partial charge in [-0.25, -0.2) is 13.6 Å². The van der Waals surface area contributed by atoms with Crippen molar-refractivity contribution < 1.29 is 94.4 Å². The highest BCUT2D eigenvalue weighted by Gasteiger charge is 2.58. The monoisotopic (exact) mass is 1150 g/mol. The van der Waals surface area contributed by atoms with Crippen LogP contribution in [0.2, 0.25) is 0 Å². The van der Waals surface area contributed by atoms with Crippen LogP contribution in [0.5, 0.6) is 5.75 Å². The summed E-state index contributed by atoms with van der Waals surface area (Å²) in [4.78, 5) is 92.5. The number of β-lactam (4-membered cyclic amide) rings is 1. The van der Waals surface area contributed by atoms with E-state index in [9.17, 15) is 42.3 Å². The van der Waals surface area contributed by atoms with Crippen molar-refractivity contribution in [1.29, 1.82) is 0 Å². The molecule has 0 N–H and O–H groups in total. The molecule has 1 aliphatic carbocycles. The maximum absolute atomic E-state index is 14.3. The molecule has 0 bridgehead atoms. The third-order valence-electron chi connectivity index (χ3n) is 14.3. The zero-order chi connectivity index (χ0) is 59.3. The topological polar surface area (TPSA) is 224 Å². The van der Waals surface area contributed by atoms with Crippen LogP contribution in [-0.2, 0) is 94.1 Å². The van der Waals surface area contributed by atoms with Gasteiger partial charge in [0.15, 0.2) is 30.7 Å². The maximum atomic E-state index is 14.3. The van der Waals surface area contributed by atoms with Gasteiger partial charge in [0.2, 0.25) is 5.91 Å². The van der Waals surface area contributed by atoms with Gasteiger partial charge in [0.05, 0.1) is 45.0 Å². The smallest absolute Gasteiger partial charge is 0.339 e. The van der Waals surface area contributed by atoms with Gasteiger partial charge in [-0.05, 0) is 90.0 Å². The molecule has 1 unspecified atom stereocenters. The number of carbonyl (C=O) groups is 7. The van der Waals surface area contributed by atoms with Crippen molar-refractivity contribution in [2.45, 2.75) is 134 Å². The van der Waals surface area contributed by atoms with Crippen molar-refractivity contribution in [1.82, 2.24) is 0 Å². The minimum atomic E-state index is -1.80. The molecule has 0 aromatic heterocycles. The molecule has 2 aliphatic heterocycles. The number of nitrogens with zero attached hydrogens (tertiary/aromatic N) is 1. The van der Waals surface area contributed by atoms with Gasteiger partial charge in [-0.2, -0.15) is 0 Å². The van der Waals surface area contributed by atoms with Crippen molar-refractivity contribution in [2.24, 2.45) is 11.8 Å². The fourth-order valence-electron chi connectivity index (χ4n) is 10.7. The van der Waals surface area contributed by atoms with Crippen LogP contribution >= 0.6 is 0 Å². The van der Waals surface area contributed by atoms with E-state index < -0.39 is 127 Å². The molecule has 440 valence electrons. The zero-order valence-corrected chi connectivity index (χ0v) is 46.5. The number of anilines is 1. The van der Waals surface area contributed by atoms with Crippen molar-refractivity contribution in [3.05, 3.63) is 167 Å². The van der Waals surface area contributed by atoms with Crippen molar-refractivity contribution in [2.75, 3.05) is 18.6 Å². The van der Waals surface area contributed by atoms with Crippen LogP contribution in [-0.4, -0.2) is 111 Å². The van der Waals surface area contributed by atoms with Gasteiger partial charge in [0.25, 0.3) is 0 Å². The van der Waals surface area contributed by atoms with E-state index in [0.29, 0.717) is 22.6 Å². The predicted molar refractivity (Wildman–Crippen MR) is 288 cm³/mol. The Labute approximate surface area is 478 Å². The molecule has 1 amide bonds. The molecule has 3 aliphatic rings. The van der Waals surface area contributed by atoms with Crippen molar-refractivity contribution in [3.8, 4) is 5.75 Å². The number of methoxy groups -OCH3 is 1. The van der Waals surface area contributed by atoms with E-state index in [2.05, 4.69) is 0 Å². The second-order valence-corrected chi connectivity index (χ2v) is 20.3. The Bertz CT molecular complexity index is 3020. The molecule has 8 rings (SSSR count). The highest BCUT2D eigenvalue weighted by Crippen LogP contribution is 2.47. The van der Waals surface area contributed by atoms with Gasteiger partial charge < -0.3 is 57.0 Å². The number of halogens is 2. The van der Waals surface area contributed by atoms with Crippen molar-refractivity contribution >= 4 is 47.4 Å². The Kier molecular flexibility index (Phi) is 20.8. The fourth-order valence-corrected chi connectivity index (χ4v) is 10.7. The molecule has 21 heteroatoms. The average Bonchev–Trinajstić information content (AvgIpc) is 2.06. The summed E-state index contributed by atoms with van der Waals surface area (Å²) in [6, 6.07) is 36.0. The lowest BCUT2D eigenvalue weighted by atomic mass is 9.78. The van der Waals surface area contributed by atoms with Crippen LogP contribution in [0.3, 0.4) is 0 Å². The van der Waals surface area contributed by atoms with Crippen LogP contribution in [0.25, 0.3) is 0 Å².